The second-order valence-electron chi connectivity index (χ2n) is 4.72. The molecule has 0 radical (unpaired) electrons. The zero-order chi connectivity index (χ0) is 16.6. The number of anilines is 1. The van der Waals surface area contributed by atoms with Crippen LogP contribution in [0.2, 0.25) is 10.0 Å². The van der Waals surface area contributed by atoms with E-state index in [1.165, 1.54) is 35.6 Å². The van der Waals surface area contributed by atoms with E-state index in [1.807, 2.05) is 0 Å². The highest BCUT2D eigenvalue weighted by atomic mass is 35.5. The lowest BCUT2D eigenvalue weighted by Crippen LogP contribution is -2.10. The van der Waals surface area contributed by atoms with Crippen LogP contribution in [-0.2, 0) is 0 Å². The fourth-order valence-corrected chi connectivity index (χ4v) is 3.76. The molecule has 23 heavy (non-hydrogen) atoms. The molecule has 1 aromatic heterocycles. The van der Waals surface area contributed by atoms with Gasteiger partial charge in [0.15, 0.2) is 0 Å². The number of carboxylic acid groups (broad SMARTS) is 1. The maximum absolute atomic E-state index is 12.4. The summed E-state index contributed by atoms with van der Waals surface area (Å²) in [5.41, 5.74) is 0.643. The number of thiophene rings is 1. The molecule has 116 valence electrons. The Balaban J connectivity index is 1.88. The Hall–Kier alpha value is -2.08. The van der Waals surface area contributed by atoms with Gasteiger partial charge < -0.3 is 10.4 Å². The molecule has 2 aromatic carbocycles. The molecule has 0 aliphatic rings. The SMILES string of the molecule is O=C(O)c1ccc(NC(=O)c2sc3cc(Cl)ccc3c2Cl)cc1. The van der Waals surface area contributed by atoms with Crippen LogP contribution in [0.25, 0.3) is 10.1 Å². The van der Waals surface area contributed by atoms with Crippen molar-refractivity contribution in [3.63, 3.8) is 0 Å². The van der Waals surface area contributed by atoms with E-state index >= 15 is 0 Å². The van der Waals surface area contributed by atoms with Gasteiger partial charge in [-0.1, -0.05) is 29.3 Å². The van der Waals surface area contributed by atoms with Crippen LogP contribution >= 0.6 is 34.5 Å². The van der Waals surface area contributed by atoms with E-state index in [-0.39, 0.29) is 11.5 Å². The number of carbonyl (C=O) groups is 2. The average molecular weight is 366 g/mol. The third-order valence-corrected chi connectivity index (χ3v) is 5.08. The summed E-state index contributed by atoms with van der Waals surface area (Å²) in [5.74, 6) is -1.37. The minimum atomic E-state index is -1.02. The molecule has 3 aromatic rings. The van der Waals surface area contributed by atoms with E-state index in [0.29, 0.717) is 20.6 Å². The fraction of sp³-hybridized carbons (Fsp3) is 0. The van der Waals surface area contributed by atoms with Crippen LogP contribution < -0.4 is 5.32 Å². The summed E-state index contributed by atoms with van der Waals surface area (Å²) in [6.07, 6.45) is 0. The fourth-order valence-electron chi connectivity index (χ4n) is 2.07. The number of benzene rings is 2. The minimum absolute atomic E-state index is 0.150. The van der Waals surface area contributed by atoms with Crippen LogP contribution in [0.5, 0.6) is 0 Å². The molecule has 4 nitrogen and oxygen atoms in total. The largest absolute Gasteiger partial charge is 0.478 e. The lowest BCUT2D eigenvalue weighted by atomic mass is 10.2. The van der Waals surface area contributed by atoms with Gasteiger partial charge in [-0.2, -0.15) is 0 Å². The molecule has 1 heterocycles. The number of hydrogen-bond donors (Lipinski definition) is 2. The molecular weight excluding hydrogens is 357 g/mol. The third kappa shape index (κ3) is 3.17. The van der Waals surface area contributed by atoms with Crippen LogP contribution in [0, 0.1) is 0 Å². The van der Waals surface area contributed by atoms with Crippen molar-refractivity contribution < 1.29 is 14.7 Å². The molecule has 0 unspecified atom stereocenters. The summed E-state index contributed by atoms with van der Waals surface area (Å²) in [6, 6.07) is 11.1. The van der Waals surface area contributed by atoms with E-state index in [1.54, 1.807) is 18.2 Å². The van der Waals surface area contributed by atoms with Crippen LogP contribution in [0.4, 0.5) is 5.69 Å². The first-order chi connectivity index (χ1) is 11.0. The Morgan fingerprint density at radius 1 is 1.04 bits per heavy atom. The average Bonchev–Trinajstić information content (AvgIpc) is 2.84. The van der Waals surface area contributed by atoms with Gasteiger partial charge in [0.25, 0.3) is 5.91 Å². The van der Waals surface area contributed by atoms with Gasteiger partial charge >= 0.3 is 5.97 Å². The van der Waals surface area contributed by atoms with Crippen LogP contribution in [0.15, 0.2) is 42.5 Å². The number of halogens is 2. The highest BCUT2D eigenvalue weighted by Gasteiger charge is 2.17. The van der Waals surface area contributed by atoms with E-state index in [2.05, 4.69) is 5.32 Å². The van der Waals surface area contributed by atoms with Gasteiger partial charge in [0.2, 0.25) is 0 Å². The Kier molecular flexibility index (Phi) is 4.26. The molecule has 0 spiro atoms. The molecule has 7 heteroatoms. The zero-order valence-electron chi connectivity index (χ0n) is 11.5. The van der Waals surface area contributed by atoms with E-state index < -0.39 is 5.97 Å². The molecule has 0 aliphatic carbocycles. The number of fused-ring (bicyclic) bond motifs is 1. The van der Waals surface area contributed by atoms with Crippen molar-refractivity contribution in [3.05, 3.63) is 63.0 Å². The van der Waals surface area contributed by atoms with E-state index in [9.17, 15) is 9.59 Å². The summed E-state index contributed by atoms with van der Waals surface area (Å²) >= 11 is 13.5. The second kappa shape index (κ2) is 6.20. The normalized spacial score (nSPS) is 10.7. The van der Waals surface area contributed by atoms with Crippen molar-refractivity contribution in [1.29, 1.82) is 0 Å². The van der Waals surface area contributed by atoms with Crippen molar-refractivity contribution in [1.82, 2.24) is 0 Å². The second-order valence-corrected chi connectivity index (χ2v) is 6.59. The number of aromatic carboxylic acids is 1. The van der Waals surface area contributed by atoms with E-state index in [0.717, 1.165) is 10.1 Å². The summed E-state index contributed by atoms with van der Waals surface area (Å²) in [5, 5.41) is 13.3. The molecule has 3 rings (SSSR count). The Morgan fingerprint density at radius 3 is 2.39 bits per heavy atom. The quantitative estimate of drug-likeness (QED) is 0.673. The Morgan fingerprint density at radius 2 is 1.74 bits per heavy atom. The van der Waals surface area contributed by atoms with Gasteiger partial charge in [0.05, 0.1) is 10.6 Å². The maximum Gasteiger partial charge on any atom is 0.335 e. The number of carboxylic acids is 1. The standard InChI is InChI=1S/C16H9Cl2NO3S/c17-9-3-6-11-12(7-9)23-14(13(11)18)15(20)19-10-4-1-8(2-5-10)16(21)22/h1-7H,(H,19,20)(H,21,22). The monoisotopic (exact) mass is 365 g/mol. The highest BCUT2D eigenvalue weighted by Crippen LogP contribution is 2.37. The third-order valence-electron chi connectivity index (χ3n) is 3.19. The van der Waals surface area contributed by atoms with Crippen LogP contribution in [0.3, 0.4) is 0 Å². The Bertz CT molecular complexity index is 919. The van der Waals surface area contributed by atoms with Crippen LogP contribution in [-0.4, -0.2) is 17.0 Å². The Labute approximate surface area is 145 Å². The molecule has 0 saturated carbocycles. The highest BCUT2D eigenvalue weighted by molar-refractivity contribution is 7.21. The minimum Gasteiger partial charge on any atom is -0.478 e. The number of hydrogen-bond acceptors (Lipinski definition) is 3. The van der Waals surface area contributed by atoms with Crippen molar-refractivity contribution >= 4 is 62.2 Å². The molecule has 0 fully saturated rings. The van der Waals surface area contributed by atoms with Crippen molar-refractivity contribution in [2.24, 2.45) is 0 Å². The molecule has 0 atom stereocenters. The lowest BCUT2D eigenvalue weighted by Gasteiger charge is -2.04. The zero-order valence-corrected chi connectivity index (χ0v) is 13.8. The molecule has 0 bridgehead atoms. The number of nitrogens with one attached hydrogen (secondary N) is 1. The van der Waals surface area contributed by atoms with Gasteiger partial charge in [0.1, 0.15) is 4.88 Å². The van der Waals surface area contributed by atoms with Gasteiger partial charge in [-0.15, -0.1) is 11.3 Å². The van der Waals surface area contributed by atoms with Gasteiger partial charge in [0, 0.05) is 20.8 Å². The summed E-state index contributed by atoms with van der Waals surface area (Å²) in [4.78, 5) is 23.6. The van der Waals surface area contributed by atoms with E-state index in [4.69, 9.17) is 28.3 Å². The predicted molar refractivity (Wildman–Crippen MR) is 93.2 cm³/mol. The molecular formula is C16H9Cl2NO3S. The number of rotatable bonds is 3. The summed E-state index contributed by atoms with van der Waals surface area (Å²) in [6.45, 7) is 0. The number of carbonyl (C=O) groups excluding carboxylic acids is 1. The first-order valence-corrected chi connectivity index (χ1v) is 8.05. The topological polar surface area (TPSA) is 66.4 Å². The van der Waals surface area contributed by atoms with Gasteiger partial charge in [-0.3, -0.25) is 4.79 Å². The first-order valence-electron chi connectivity index (χ1n) is 6.48. The first kappa shape index (κ1) is 15.8. The smallest absolute Gasteiger partial charge is 0.335 e. The predicted octanol–water partition coefficient (Wildman–Crippen LogP) is 5.16. The summed E-state index contributed by atoms with van der Waals surface area (Å²) in [7, 11) is 0. The molecule has 0 saturated heterocycles. The summed E-state index contributed by atoms with van der Waals surface area (Å²) < 4.78 is 0.828. The van der Waals surface area contributed by atoms with Crippen LogP contribution in [0.1, 0.15) is 20.0 Å². The van der Waals surface area contributed by atoms with Crippen molar-refractivity contribution in [2.75, 3.05) is 5.32 Å². The lowest BCUT2D eigenvalue weighted by molar-refractivity contribution is 0.0696. The number of amides is 1. The molecule has 1 amide bonds. The van der Waals surface area contributed by atoms with Gasteiger partial charge in [-0.05, 0) is 36.4 Å². The molecule has 0 aliphatic heterocycles. The van der Waals surface area contributed by atoms with Gasteiger partial charge in [-0.25, -0.2) is 4.79 Å². The maximum atomic E-state index is 12.4. The van der Waals surface area contributed by atoms with Crippen molar-refractivity contribution in [3.8, 4) is 0 Å². The van der Waals surface area contributed by atoms with Crippen molar-refractivity contribution in [2.45, 2.75) is 0 Å². The molecule has 2 N–H and O–H groups in total.